The molecule has 3 heteroatoms. The van der Waals surface area contributed by atoms with Gasteiger partial charge in [0.2, 0.25) is 0 Å². The van der Waals surface area contributed by atoms with Crippen LogP contribution in [-0.2, 0) is 0 Å². The Morgan fingerprint density at radius 2 is 2.22 bits per heavy atom. The standard InChI is InChI=1S/C15H22BrNO/c1-3-17-15(9-6-11-4-5-11)13-10-12(18-2)7-8-14(13)16/h7-8,10-11,15,17H,3-6,9H2,1-2H3. The quantitative estimate of drug-likeness (QED) is 0.810. The van der Waals surface area contributed by atoms with Gasteiger partial charge in [0.25, 0.3) is 0 Å². The monoisotopic (exact) mass is 311 g/mol. The summed E-state index contributed by atoms with van der Waals surface area (Å²) in [6.07, 6.45) is 5.40. The molecule has 0 aromatic heterocycles. The minimum Gasteiger partial charge on any atom is -0.497 e. The lowest BCUT2D eigenvalue weighted by Crippen LogP contribution is -2.21. The average molecular weight is 312 g/mol. The van der Waals surface area contributed by atoms with E-state index in [-0.39, 0.29) is 0 Å². The van der Waals surface area contributed by atoms with Gasteiger partial charge in [0.1, 0.15) is 5.75 Å². The van der Waals surface area contributed by atoms with Crippen molar-refractivity contribution in [1.82, 2.24) is 5.32 Å². The Labute approximate surface area is 118 Å². The van der Waals surface area contributed by atoms with Crippen LogP contribution in [0, 0.1) is 5.92 Å². The number of halogens is 1. The van der Waals surface area contributed by atoms with Crippen molar-refractivity contribution < 1.29 is 4.74 Å². The Bertz CT molecular complexity index is 390. The second-order valence-corrected chi connectivity index (χ2v) is 5.87. The van der Waals surface area contributed by atoms with E-state index in [1.807, 2.05) is 6.07 Å². The highest BCUT2D eigenvalue weighted by atomic mass is 79.9. The molecule has 1 saturated carbocycles. The molecule has 100 valence electrons. The molecular formula is C15H22BrNO. The molecule has 1 aromatic rings. The highest BCUT2D eigenvalue weighted by Crippen LogP contribution is 2.37. The van der Waals surface area contributed by atoms with E-state index in [0.29, 0.717) is 6.04 Å². The smallest absolute Gasteiger partial charge is 0.119 e. The van der Waals surface area contributed by atoms with Crippen molar-refractivity contribution in [3.8, 4) is 5.75 Å². The molecule has 2 rings (SSSR count). The zero-order chi connectivity index (χ0) is 13.0. The molecule has 0 aliphatic heterocycles. The first kappa shape index (κ1) is 13.9. The first-order valence-corrected chi connectivity index (χ1v) is 7.60. The summed E-state index contributed by atoms with van der Waals surface area (Å²) in [5, 5.41) is 3.59. The summed E-state index contributed by atoms with van der Waals surface area (Å²) >= 11 is 3.66. The summed E-state index contributed by atoms with van der Waals surface area (Å²) in [5.41, 5.74) is 1.32. The fourth-order valence-electron chi connectivity index (χ4n) is 2.34. The van der Waals surface area contributed by atoms with Crippen LogP contribution in [-0.4, -0.2) is 13.7 Å². The molecule has 1 N–H and O–H groups in total. The first-order chi connectivity index (χ1) is 8.74. The topological polar surface area (TPSA) is 21.3 Å². The molecule has 0 heterocycles. The van der Waals surface area contributed by atoms with Crippen LogP contribution < -0.4 is 10.1 Å². The average Bonchev–Trinajstić information content (AvgIpc) is 3.19. The van der Waals surface area contributed by atoms with E-state index in [0.717, 1.165) is 18.2 Å². The Kier molecular flexibility index (Phi) is 5.07. The zero-order valence-corrected chi connectivity index (χ0v) is 12.8. The minimum absolute atomic E-state index is 0.431. The number of benzene rings is 1. The molecule has 0 spiro atoms. The molecule has 0 amide bonds. The van der Waals surface area contributed by atoms with Gasteiger partial charge in [-0.15, -0.1) is 0 Å². The van der Waals surface area contributed by atoms with Crippen LogP contribution in [0.15, 0.2) is 22.7 Å². The van der Waals surface area contributed by atoms with Crippen LogP contribution >= 0.6 is 15.9 Å². The maximum absolute atomic E-state index is 5.33. The van der Waals surface area contributed by atoms with Crippen molar-refractivity contribution >= 4 is 15.9 Å². The van der Waals surface area contributed by atoms with Crippen molar-refractivity contribution in [2.24, 2.45) is 5.92 Å². The van der Waals surface area contributed by atoms with Crippen molar-refractivity contribution in [3.05, 3.63) is 28.2 Å². The Morgan fingerprint density at radius 1 is 1.44 bits per heavy atom. The lowest BCUT2D eigenvalue weighted by atomic mass is 10.00. The Morgan fingerprint density at radius 3 is 2.83 bits per heavy atom. The van der Waals surface area contributed by atoms with Gasteiger partial charge in [-0.1, -0.05) is 35.7 Å². The lowest BCUT2D eigenvalue weighted by molar-refractivity contribution is 0.411. The minimum atomic E-state index is 0.431. The van der Waals surface area contributed by atoms with Gasteiger partial charge in [-0.3, -0.25) is 0 Å². The number of rotatable bonds is 7. The summed E-state index contributed by atoms with van der Waals surface area (Å²) in [4.78, 5) is 0. The maximum Gasteiger partial charge on any atom is 0.119 e. The van der Waals surface area contributed by atoms with Crippen LogP contribution in [0.4, 0.5) is 0 Å². The normalized spacial score (nSPS) is 16.6. The highest BCUT2D eigenvalue weighted by molar-refractivity contribution is 9.10. The van der Waals surface area contributed by atoms with Gasteiger partial charge >= 0.3 is 0 Å². The van der Waals surface area contributed by atoms with Gasteiger partial charge in [-0.2, -0.15) is 0 Å². The summed E-state index contributed by atoms with van der Waals surface area (Å²) in [6.45, 7) is 3.16. The van der Waals surface area contributed by atoms with Gasteiger partial charge in [0, 0.05) is 10.5 Å². The third-order valence-electron chi connectivity index (χ3n) is 3.59. The van der Waals surface area contributed by atoms with E-state index in [1.165, 1.54) is 35.7 Å². The van der Waals surface area contributed by atoms with Gasteiger partial charge in [0.05, 0.1) is 7.11 Å². The van der Waals surface area contributed by atoms with E-state index in [1.54, 1.807) is 7.11 Å². The van der Waals surface area contributed by atoms with Gasteiger partial charge in [0.15, 0.2) is 0 Å². The SMILES string of the molecule is CCNC(CCC1CC1)c1cc(OC)ccc1Br. The second kappa shape index (κ2) is 6.58. The predicted molar refractivity (Wildman–Crippen MR) is 79.1 cm³/mol. The molecular weight excluding hydrogens is 290 g/mol. The number of methoxy groups -OCH3 is 1. The highest BCUT2D eigenvalue weighted by Gasteiger charge is 2.23. The molecule has 0 saturated heterocycles. The molecule has 18 heavy (non-hydrogen) atoms. The second-order valence-electron chi connectivity index (χ2n) is 5.02. The van der Waals surface area contributed by atoms with Crippen LogP contribution in [0.5, 0.6) is 5.75 Å². The molecule has 1 aromatic carbocycles. The summed E-state index contributed by atoms with van der Waals surface area (Å²) in [7, 11) is 1.72. The molecule has 1 atom stereocenters. The van der Waals surface area contributed by atoms with Gasteiger partial charge in [-0.05, 0) is 49.1 Å². The van der Waals surface area contributed by atoms with Crippen molar-refractivity contribution in [2.75, 3.05) is 13.7 Å². The molecule has 1 fully saturated rings. The van der Waals surface area contributed by atoms with Crippen LogP contribution in [0.2, 0.25) is 0 Å². The predicted octanol–water partition coefficient (Wildman–Crippen LogP) is 4.30. The molecule has 1 aliphatic carbocycles. The van der Waals surface area contributed by atoms with E-state index in [2.05, 4.69) is 40.3 Å². The van der Waals surface area contributed by atoms with E-state index >= 15 is 0 Å². The molecule has 1 unspecified atom stereocenters. The molecule has 0 bridgehead atoms. The van der Waals surface area contributed by atoms with Crippen molar-refractivity contribution in [3.63, 3.8) is 0 Å². The lowest BCUT2D eigenvalue weighted by Gasteiger charge is -2.20. The molecule has 1 aliphatic rings. The number of hydrogen-bond acceptors (Lipinski definition) is 2. The summed E-state index contributed by atoms with van der Waals surface area (Å²) in [6, 6.07) is 6.65. The number of hydrogen-bond donors (Lipinski definition) is 1. The van der Waals surface area contributed by atoms with E-state index in [4.69, 9.17) is 4.74 Å². The fraction of sp³-hybridized carbons (Fsp3) is 0.600. The first-order valence-electron chi connectivity index (χ1n) is 6.81. The maximum atomic E-state index is 5.33. The number of nitrogens with one attached hydrogen (secondary N) is 1. The van der Waals surface area contributed by atoms with Crippen molar-refractivity contribution in [1.29, 1.82) is 0 Å². The Hall–Kier alpha value is -0.540. The van der Waals surface area contributed by atoms with Crippen LogP contribution in [0.1, 0.15) is 44.2 Å². The third-order valence-corrected chi connectivity index (χ3v) is 4.31. The van der Waals surface area contributed by atoms with Crippen LogP contribution in [0.25, 0.3) is 0 Å². The zero-order valence-electron chi connectivity index (χ0n) is 11.2. The summed E-state index contributed by atoms with van der Waals surface area (Å²) in [5.74, 6) is 1.91. The van der Waals surface area contributed by atoms with Crippen LogP contribution in [0.3, 0.4) is 0 Å². The molecule has 0 radical (unpaired) electrons. The third kappa shape index (κ3) is 3.72. The number of ether oxygens (including phenoxy) is 1. The van der Waals surface area contributed by atoms with Crippen molar-refractivity contribution in [2.45, 2.75) is 38.6 Å². The van der Waals surface area contributed by atoms with E-state index < -0.39 is 0 Å². The van der Waals surface area contributed by atoms with Gasteiger partial charge in [-0.25, -0.2) is 0 Å². The summed E-state index contributed by atoms with van der Waals surface area (Å²) < 4.78 is 6.50. The largest absolute Gasteiger partial charge is 0.497 e. The van der Waals surface area contributed by atoms with Gasteiger partial charge < -0.3 is 10.1 Å². The molecule has 2 nitrogen and oxygen atoms in total. The Balaban J connectivity index is 2.11. The fourth-order valence-corrected chi connectivity index (χ4v) is 2.86. The van der Waals surface area contributed by atoms with E-state index in [9.17, 15) is 0 Å².